The van der Waals surface area contributed by atoms with Gasteiger partial charge >= 0.3 is 0 Å². The van der Waals surface area contributed by atoms with Gasteiger partial charge in [0.1, 0.15) is 17.3 Å². The molecule has 1 unspecified atom stereocenters. The quantitative estimate of drug-likeness (QED) is 0.722. The highest BCUT2D eigenvalue weighted by Crippen LogP contribution is 2.25. The van der Waals surface area contributed by atoms with Gasteiger partial charge in [-0.1, -0.05) is 12.1 Å². The van der Waals surface area contributed by atoms with Crippen molar-refractivity contribution in [3.05, 3.63) is 71.2 Å². The van der Waals surface area contributed by atoms with E-state index in [-0.39, 0.29) is 17.5 Å². The number of aromatic amines is 1. The van der Waals surface area contributed by atoms with Crippen molar-refractivity contribution in [2.75, 3.05) is 13.1 Å². The Morgan fingerprint density at radius 1 is 1.25 bits per heavy atom. The van der Waals surface area contributed by atoms with Crippen molar-refractivity contribution in [1.29, 1.82) is 0 Å². The summed E-state index contributed by atoms with van der Waals surface area (Å²) >= 11 is 0. The van der Waals surface area contributed by atoms with Crippen LogP contribution < -0.4 is 0 Å². The van der Waals surface area contributed by atoms with Gasteiger partial charge in [0, 0.05) is 18.7 Å². The summed E-state index contributed by atoms with van der Waals surface area (Å²) in [6, 6.07) is 13.7. The molecule has 2 aromatic carbocycles. The van der Waals surface area contributed by atoms with Gasteiger partial charge in [-0.25, -0.2) is 4.39 Å². The summed E-state index contributed by atoms with van der Waals surface area (Å²) in [5.74, 6) is 0.314. The highest BCUT2D eigenvalue weighted by molar-refractivity contribution is 5.93. The summed E-state index contributed by atoms with van der Waals surface area (Å²) < 4.78 is 13.4. The molecule has 0 aliphatic carbocycles. The zero-order chi connectivity index (χ0) is 19.7. The summed E-state index contributed by atoms with van der Waals surface area (Å²) in [4.78, 5) is 14.6. The summed E-state index contributed by atoms with van der Waals surface area (Å²) in [7, 11) is 0. The number of phenols is 1. The molecule has 28 heavy (non-hydrogen) atoms. The average molecular weight is 379 g/mol. The Morgan fingerprint density at radius 2 is 2.04 bits per heavy atom. The van der Waals surface area contributed by atoms with Crippen molar-refractivity contribution in [3.63, 3.8) is 0 Å². The van der Waals surface area contributed by atoms with Crippen molar-refractivity contribution in [3.8, 4) is 17.0 Å². The number of aryl methyl sites for hydroxylation is 1. The molecule has 1 saturated heterocycles. The maximum Gasteiger partial charge on any atom is 0.271 e. The number of likely N-dealkylation sites (tertiary alicyclic amines) is 1. The topological polar surface area (TPSA) is 69.2 Å². The molecule has 0 spiro atoms. The zero-order valence-corrected chi connectivity index (χ0v) is 15.7. The SMILES string of the molecule is Cc1cc(CC2CCN(C(=O)c3cc(-c4ccc(O)cc4)n[nH]3)C2)ccc1F. The first-order chi connectivity index (χ1) is 13.5. The Bertz CT molecular complexity index is 997. The molecule has 1 atom stereocenters. The fourth-order valence-electron chi connectivity index (χ4n) is 3.73. The highest BCUT2D eigenvalue weighted by atomic mass is 19.1. The van der Waals surface area contributed by atoms with E-state index in [9.17, 15) is 14.3 Å². The lowest BCUT2D eigenvalue weighted by atomic mass is 9.97. The van der Waals surface area contributed by atoms with Crippen LogP contribution >= 0.6 is 0 Å². The molecule has 6 heteroatoms. The van der Waals surface area contributed by atoms with Gasteiger partial charge in [-0.05, 0) is 73.2 Å². The molecular weight excluding hydrogens is 357 g/mol. The van der Waals surface area contributed by atoms with Crippen LogP contribution in [0.25, 0.3) is 11.3 Å². The predicted octanol–water partition coefficient (Wildman–Crippen LogP) is 3.93. The Balaban J connectivity index is 1.40. The molecule has 0 radical (unpaired) electrons. The third-order valence-electron chi connectivity index (χ3n) is 5.29. The molecule has 1 fully saturated rings. The first kappa shape index (κ1) is 18.2. The van der Waals surface area contributed by atoms with Gasteiger partial charge in [-0.3, -0.25) is 9.89 Å². The van der Waals surface area contributed by atoms with E-state index >= 15 is 0 Å². The lowest BCUT2D eigenvalue weighted by Gasteiger charge is -2.15. The van der Waals surface area contributed by atoms with Gasteiger partial charge in [0.15, 0.2) is 0 Å². The Morgan fingerprint density at radius 3 is 2.79 bits per heavy atom. The molecule has 2 heterocycles. The van der Waals surface area contributed by atoms with Crippen LogP contribution in [0.1, 0.15) is 28.0 Å². The second-order valence-electron chi connectivity index (χ2n) is 7.41. The third kappa shape index (κ3) is 3.76. The minimum atomic E-state index is -0.185. The lowest BCUT2D eigenvalue weighted by Crippen LogP contribution is -2.29. The molecule has 4 rings (SSSR count). The summed E-state index contributed by atoms with van der Waals surface area (Å²) in [5.41, 5.74) is 3.72. The molecule has 1 aliphatic heterocycles. The van der Waals surface area contributed by atoms with Crippen molar-refractivity contribution in [1.82, 2.24) is 15.1 Å². The van der Waals surface area contributed by atoms with Crippen LogP contribution in [0.15, 0.2) is 48.5 Å². The van der Waals surface area contributed by atoms with E-state index in [1.54, 1.807) is 37.3 Å². The van der Waals surface area contributed by atoms with Crippen molar-refractivity contribution in [2.45, 2.75) is 19.8 Å². The Kier molecular flexibility index (Phi) is 4.86. The number of carbonyl (C=O) groups excluding carboxylic acids is 1. The van der Waals surface area contributed by atoms with Crippen molar-refractivity contribution >= 4 is 5.91 Å². The normalized spacial score (nSPS) is 16.5. The van der Waals surface area contributed by atoms with Gasteiger partial charge < -0.3 is 10.0 Å². The maximum absolute atomic E-state index is 13.4. The summed E-state index contributed by atoms with van der Waals surface area (Å²) in [5, 5.41) is 16.4. The van der Waals surface area contributed by atoms with Gasteiger partial charge in [-0.15, -0.1) is 0 Å². The standard InChI is InChI=1S/C22H22FN3O2/c1-14-10-15(2-7-19(14)23)11-16-8-9-26(13-16)22(28)21-12-20(24-25-21)17-3-5-18(27)6-4-17/h2-7,10,12,16,27H,8-9,11,13H2,1H3,(H,24,25). The smallest absolute Gasteiger partial charge is 0.271 e. The maximum atomic E-state index is 13.4. The molecule has 0 saturated carbocycles. The Hall–Kier alpha value is -3.15. The van der Waals surface area contributed by atoms with Gasteiger partial charge in [0.25, 0.3) is 5.91 Å². The molecule has 2 N–H and O–H groups in total. The van der Waals surface area contributed by atoms with Gasteiger partial charge in [0.2, 0.25) is 0 Å². The minimum absolute atomic E-state index is 0.0599. The van der Waals surface area contributed by atoms with Crippen LogP contribution in [0.4, 0.5) is 4.39 Å². The summed E-state index contributed by atoms with van der Waals surface area (Å²) in [6.45, 7) is 3.16. The number of nitrogens with zero attached hydrogens (tertiary/aromatic N) is 2. The average Bonchev–Trinajstić information content (AvgIpc) is 3.35. The van der Waals surface area contributed by atoms with Crippen LogP contribution in [0.5, 0.6) is 5.75 Å². The number of carbonyl (C=O) groups is 1. The van der Waals surface area contributed by atoms with Gasteiger partial charge in [0.05, 0.1) is 5.69 Å². The second-order valence-corrected chi connectivity index (χ2v) is 7.41. The number of hydrogen-bond acceptors (Lipinski definition) is 3. The van der Waals surface area contributed by atoms with E-state index < -0.39 is 0 Å². The first-order valence-corrected chi connectivity index (χ1v) is 9.39. The largest absolute Gasteiger partial charge is 0.508 e. The van der Waals surface area contributed by atoms with E-state index in [1.165, 1.54) is 6.07 Å². The van der Waals surface area contributed by atoms with Gasteiger partial charge in [-0.2, -0.15) is 5.10 Å². The third-order valence-corrected chi connectivity index (χ3v) is 5.29. The summed E-state index contributed by atoms with van der Waals surface area (Å²) in [6.07, 6.45) is 1.77. The van der Waals surface area contributed by atoms with Crippen LogP contribution in [0, 0.1) is 18.7 Å². The molecular formula is C22H22FN3O2. The Labute approximate surface area is 162 Å². The van der Waals surface area contributed by atoms with Crippen LogP contribution in [-0.4, -0.2) is 39.2 Å². The molecule has 144 valence electrons. The number of aromatic hydroxyl groups is 1. The monoisotopic (exact) mass is 379 g/mol. The van der Waals surface area contributed by atoms with Crippen molar-refractivity contribution in [2.24, 2.45) is 5.92 Å². The number of halogens is 1. The van der Waals surface area contributed by atoms with E-state index in [1.807, 2.05) is 17.0 Å². The zero-order valence-electron chi connectivity index (χ0n) is 15.7. The number of H-pyrrole nitrogens is 1. The van der Waals surface area contributed by atoms with E-state index in [4.69, 9.17) is 0 Å². The number of nitrogens with one attached hydrogen (secondary N) is 1. The second kappa shape index (κ2) is 7.46. The molecule has 5 nitrogen and oxygen atoms in total. The molecule has 3 aromatic rings. The number of aromatic nitrogens is 2. The number of rotatable bonds is 4. The molecule has 1 aromatic heterocycles. The van der Waals surface area contributed by atoms with Crippen LogP contribution in [0.3, 0.4) is 0 Å². The number of phenolic OH excluding ortho intramolecular Hbond substituents is 1. The number of hydrogen-bond donors (Lipinski definition) is 2. The highest BCUT2D eigenvalue weighted by Gasteiger charge is 2.28. The first-order valence-electron chi connectivity index (χ1n) is 9.39. The number of amides is 1. The number of benzene rings is 2. The van der Waals surface area contributed by atoms with Crippen molar-refractivity contribution < 1.29 is 14.3 Å². The van der Waals surface area contributed by atoms with E-state index in [2.05, 4.69) is 10.2 Å². The lowest BCUT2D eigenvalue weighted by molar-refractivity contribution is 0.0781. The molecule has 1 amide bonds. The molecule has 0 bridgehead atoms. The van der Waals surface area contributed by atoms with Crippen LogP contribution in [0.2, 0.25) is 0 Å². The van der Waals surface area contributed by atoms with E-state index in [0.29, 0.717) is 36.0 Å². The fraction of sp³-hybridized carbons (Fsp3) is 0.273. The fourth-order valence-corrected chi connectivity index (χ4v) is 3.73. The minimum Gasteiger partial charge on any atom is -0.508 e. The van der Waals surface area contributed by atoms with Crippen LogP contribution in [-0.2, 0) is 6.42 Å². The predicted molar refractivity (Wildman–Crippen MR) is 105 cm³/mol. The van der Waals surface area contributed by atoms with E-state index in [0.717, 1.165) is 24.0 Å². The molecule has 1 aliphatic rings.